The predicted octanol–water partition coefficient (Wildman–Crippen LogP) is 2.28. The van der Waals surface area contributed by atoms with E-state index in [0.29, 0.717) is 6.04 Å². The third kappa shape index (κ3) is 2.50. The first-order valence-electron chi connectivity index (χ1n) is 8.57. The molecule has 1 aromatic heterocycles. The zero-order valence-electron chi connectivity index (χ0n) is 14.2. The molecule has 2 aliphatic rings. The summed E-state index contributed by atoms with van der Waals surface area (Å²) >= 11 is 0. The van der Waals surface area contributed by atoms with Crippen molar-refractivity contribution >= 4 is 10.9 Å². The largest absolute Gasteiger partial charge is 0.357 e. The van der Waals surface area contributed by atoms with Gasteiger partial charge in [0.2, 0.25) is 0 Å². The quantitative estimate of drug-likeness (QED) is 0.925. The van der Waals surface area contributed by atoms with Gasteiger partial charge < -0.3 is 9.88 Å². The molecule has 0 unspecified atom stereocenters. The van der Waals surface area contributed by atoms with Gasteiger partial charge in [0.05, 0.1) is 5.52 Å². The first-order valence-corrected chi connectivity index (χ1v) is 8.57. The third-order valence-corrected chi connectivity index (χ3v) is 5.75. The van der Waals surface area contributed by atoms with Crippen LogP contribution in [-0.4, -0.2) is 47.5 Å². The Morgan fingerprint density at radius 3 is 2.78 bits per heavy atom. The summed E-state index contributed by atoms with van der Waals surface area (Å²) in [4.78, 5) is 21.1. The molecule has 0 spiro atoms. The Bertz CT molecular complexity index is 810. The molecule has 23 heavy (non-hydrogen) atoms. The topological polar surface area (TPSA) is 39.3 Å². The van der Waals surface area contributed by atoms with Crippen LogP contribution in [0.1, 0.15) is 23.2 Å². The van der Waals surface area contributed by atoms with E-state index in [9.17, 15) is 4.79 Å². The van der Waals surface area contributed by atoms with Crippen molar-refractivity contribution in [2.24, 2.45) is 5.92 Å². The van der Waals surface area contributed by atoms with Crippen LogP contribution in [0.15, 0.2) is 23.0 Å². The van der Waals surface area contributed by atoms with Gasteiger partial charge in [0.15, 0.2) is 5.43 Å². The zero-order valence-corrected chi connectivity index (χ0v) is 14.2. The van der Waals surface area contributed by atoms with Gasteiger partial charge in [0, 0.05) is 42.8 Å². The number of pyridine rings is 1. The van der Waals surface area contributed by atoms with Gasteiger partial charge in [-0.1, -0.05) is 12.1 Å². The predicted molar refractivity (Wildman–Crippen MR) is 93.8 cm³/mol. The smallest absolute Gasteiger partial charge is 0.189 e. The summed E-state index contributed by atoms with van der Waals surface area (Å²) in [5.74, 6) is 0.802. The summed E-state index contributed by atoms with van der Waals surface area (Å²) in [6.45, 7) is 8.43. The molecule has 4 nitrogen and oxygen atoms in total. The van der Waals surface area contributed by atoms with Crippen molar-refractivity contribution in [2.45, 2.75) is 32.9 Å². The number of likely N-dealkylation sites (N-methyl/N-ethyl adjacent to an activating group) is 1. The molecule has 4 heteroatoms. The maximum atomic E-state index is 12.5. The Kier molecular flexibility index (Phi) is 3.54. The summed E-state index contributed by atoms with van der Waals surface area (Å²) < 4.78 is 0. The van der Waals surface area contributed by atoms with E-state index in [4.69, 9.17) is 0 Å². The summed E-state index contributed by atoms with van der Waals surface area (Å²) in [6.07, 6.45) is 1.31. The van der Waals surface area contributed by atoms with Crippen molar-refractivity contribution in [1.82, 2.24) is 14.8 Å². The van der Waals surface area contributed by atoms with E-state index in [0.717, 1.165) is 53.3 Å². The molecule has 2 atom stereocenters. The number of benzene rings is 1. The number of aromatic amines is 1. The molecule has 2 saturated heterocycles. The molecule has 0 radical (unpaired) electrons. The first-order chi connectivity index (χ1) is 11.0. The van der Waals surface area contributed by atoms with Crippen molar-refractivity contribution in [3.8, 4) is 0 Å². The highest BCUT2D eigenvalue weighted by molar-refractivity contribution is 5.84. The van der Waals surface area contributed by atoms with Crippen LogP contribution in [-0.2, 0) is 6.54 Å². The molecule has 0 saturated carbocycles. The third-order valence-electron chi connectivity index (χ3n) is 5.75. The maximum absolute atomic E-state index is 12.5. The number of aryl methyl sites for hydroxylation is 2. The van der Waals surface area contributed by atoms with Crippen LogP contribution in [0.2, 0.25) is 0 Å². The Hall–Kier alpha value is -1.65. The van der Waals surface area contributed by atoms with Gasteiger partial charge in [0.1, 0.15) is 0 Å². The van der Waals surface area contributed by atoms with E-state index in [2.05, 4.69) is 34.8 Å². The molecular weight excluding hydrogens is 286 g/mol. The minimum atomic E-state index is 0.145. The lowest BCUT2D eigenvalue weighted by molar-refractivity contribution is 0.254. The Morgan fingerprint density at radius 1 is 1.22 bits per heavy atom. The van der Waals surface area contributed by atoms with Gasteiger partial charge in [-0.2, -0.15) is 0 Å². The molecule has 2 aliphatic heterocycles. The number of fused-ring (bicyclic) bond motifs is 2. The molecule has 0 aliphatic carbocycles. The minimum absolute atomic E-state index is 0.145. The van der Waals surface area contributed by atoms with Crippen molar-refractivity contribution in [2.75, 3.05) is 26.7 Å². The maximum Gasteiger partial charge on any atom is 0.189 e. The summed E-state index contributed by atoms with van der Waals surface area (Å²) in [5.41, 5.74) is 4.38. The molecule has 122 valence electrons. The number of rotatable bonds is 2. The molecule has 1 aromatic carbocycles. The van der Waals surface area contributed by atoms with Crippen LogP contribution in [0.4, 0.5) is 0 Å². The van der Waals surface area contributed by atoms with Gasteiger partial charge in [-0.05, 0) is 50.9 Å². The van der Waals surface area contributed by atoms with Crippen molar-refractivity contribution < 1.29 is 0 Å². The van der Waals surface area contributed by atoms with E-state index in [1.807, 2.05) is 13.0 Å². The van der Waals surface area contributed by atoms with E-state index in [-0.39, 0.29) is 5.43 Å². The van der Waals surface area contributed by atoms with E-state index in [1.165, 1.54) is 13.0 Å². The monoisotopic (exact) mass is 311 g/mol. The Morgan fingerprint density at radius 2 is 2.00 bits per heavy atom. The second-order valence-electron chi connectivity index (χ2n) is 7.40. The standard InChI is InChI=1S/C19H25N3O/c1-12-4-5-13(2)19-18(12)17(23)8-15(20-19)10-22-9-14-6-7-21(3)16(14)11-22/h4-5,8,14,16H,6-7,9-11H2,1-3H3,(H,20,23)/t14-,16+/m1/s1. The number of nitrogens with one attached hydrogen (secondary N) is 1. The summed E-state index contributed by atoms with van der Waals surface area (Å²) in [5, 5.41) is 0.840. The lowest BCUT2D eigenvalue weighted by atomic mass is 10.0. The Balaban J connectivity index is 1.63. The summed E-state index contributed by atoms with van der Waals surface area (Å²) in [6, 6.07) is 6.62. The second kappa shape index (κ2) is 5.46. The van der Waals surface area contributed by atoms with Gasteiger partial charge >= 0.3 is 0 Å². The minimum Gasteiger partial charge on any atom is -0.357 e. The van der Waals surface area contributed by atoms with Crippen molar-refractivity contribution in [3.05, 3.63) is 45.2 Å². The van der Waals surface area contributed by atoms with Crippen molar-refractivity contribution in [1.29, 1.82) is 0 Å². The van der Waals surface area contributed by atoms with Crippen LogP contribution in [0, 0.1) is 19.8 Å². The van der Waals surface area contributed by atoms with Crippen LogP contribution in [0.25, 0.3) is 10.9 Å². The number of hydrogen-bond donors (Lipinski definition) is 1. The molecule has 3 heterocycles. The summed E-state index contributed by atoms with van der Waals surface area (Å²) in [7, 11) is 2.23. The van der Waals surface area contributed by atoms with Gasteiger partial charge in [-0.25, -0.2) is 0 Å². The average Bonchev–Trinajstić information content (AvgIpc) is 3.05. The normalized spacial score (nSPS) is 25.3. The molecule has 2 aromatic rings. The van der Waals surface area contributed by atoms with Gasteiger partial charge in [0.25, 0.3) is 0 Å². The highest BCUT2D eigenvalue weighted by Crippen LogP contribution is 2.30. The van der Waals surface area contributed by atoms with Gasteiger partial charge in [-0.15, -0.1) is 0 Å². The van der Waals surface area contributed by atoms with E-state index >= 15 is 0 Å². The van der Waals surface area contributed by atoms with Crippen molar-refractivity contribution in [3.63, 3.8) is 0 Å². The molecular formula is C19H25N3O. The average molecular weight is 311 g/mol. The first kappa shape index (κ1) is 14.9. The highest BCUT2D eigenvalue weighted by atomic mass is 16.1. The molecule has 4 rings (SSSR count). The molecule has 2 fully saturated rings. The van der Waals surface area contributed by atoms with E-state index < -0.39 is 0 Å². The number of nitrogens with zero attached hydrogens (tertiary/aromatic N) is 2. The lowest BCUT2D eigenvalue weighted by Crippen LogP contribution is -2.32. The molecule has 1 N–H and O–H groups in total. The van der Waals surface area contributed by atoms with Gasteiger partial charge in [-0.3, -0.25) is 9.69 Å². The SMILES string of the molecule is Cc1ccc(C)c2c(=O)cc(CN3C[C@H]4CCN(C)[C@H]4C3)[nH]c12. The van der Waals surface area contributed by atoms with E-state index in [1.54, 1.807) is 6.07 Å². The highest BCUT2D eigenvalue weighted by Gasteiger charge is 2.39. The lowest BCUT2D eigenvalue weighted by Gasteiger charge is -2.20. The molecule has 0 amide bonds. The fourth-order valence-electron chi connectivity index (χ4n) is 4.43. The van der Waals surface area contributed by atoms with Crippen LogP contribution < -0.4 is 5.43 Å². The Labute approximate surface area is 137 Å². The second-order valence-corrected chi connectivity index (χ2v) is 7.40. The van der Waals surface area contributed by atoms with Crippen LogP contribution >= 0.6 is 0 Å². The number of hydrogen-bond acceptors (Lipinski definition) is 3. The zero-order chi connectivity index (χ0) is 16.1. The number of H-pyrrole nitrogens is 1. The van der Waals surface area contributed by atoms with Crippen LogP contribution in [0.5, 0.6) is 0 Å². The number of aromatic nitrogens is 1. The molecule has 0 bridgehead atoms. The fraction of sp³-hybridized carbons (Fsp3) is 0.526. The van der Waals surface area contributed by atoms with Crippen LogP contribution in [0.3, 0.4) is 0 Å². The number of likely N-dealkylation sites (tertiary alicyclic amines) is 2. The fourth-order valence-corrected chi connectivity index (χ4v) is 4.43.